The van der Waals surface area contributed by atoms with E-state index in [2.05, 4.69) is 48.5 Å². The number of aromatic nitrogens is 2. The van der Waals surface area contributed by atoms with Gasteiger partial charge in [0.1, 0.15) is 18.1 Å². The number of rotatable bonds is 9. The van der Waals surface area contributed by atoms with Gasteiger partial charge in [0.05, 0.1) is 0 Å². The third kappa shape index (κ3) is 11.6. The van der Waals surface area contributed by atoms with Gasteiger partial charge in [-0.25, -0.2) is 0 Å². The van der Waals surface area contributed by atoms with E-state index in [9.17, 15) is 14.4 Å². The number of H-pyrrole nitrogens is 2. The van der Waals surface area contributed by atoms with Crippen LogP contribution in [0.3, 0.4) is 0 Å². The standard InChI is InChI=1S/C11H11BrN2O2.C11H11ClN2O2.C9H10INO2.H2S/c12-7-1-2-8-6(3-9(13)11(15)16)5-14-10(8)4-7;12-7-1-2-10-8(4-7)6(5-14-10)3-9(13)11(15)16;10-7-3-1-6(2-4-7)5-8(11)9(12)13;/h2*1-2,4-5,9,14H,3,13H2,(H,15,16);1-4,8H,5,11H2,(H,12,13);1H2/t;;8-;/m..0./s1. The number of nitrogens with one attached hydrogen (secondary N) is 2. The quantitative estimate of drug-likeness (QED) is 0.0933. The average molecular weight is 847 g/mol. The van der Waals surface area contributed by atoms with Crippen molar-refractivity contribution < 1.29 is 29.7 Å². The highest BCUT2D eigenvalue weighted by molar-refractivity contribution is 14.1. The lowest BCUT2D eigenvalue weighted by atomic mass is 10.1. The van der Waals surface area contributed by atoms with Gasteiger partial charge in [0.15, 0.2) is 0 Å². The van der Waals surface area contributed by atoms with Crippen molar-refractivity contribution in [1.29, 1.82) is 0 Å². The van der Waals surface area contributed by atoms with Gasteiger partial charge >= 0.3 is 17.9 Å². The van der Waals surface area contributed by atoms with E-state index in [0.717, 1.165) is 46.5 Å². The number of hydrogen-bond acceptors (Lipinski definition) is 6. The molecule has 0 saturated carbocycles. The van der Waals surface area contributed by atoms with Gasteiger partial charge in [0.25, 0.3) is 0 Å². The lowest BCUT2D eigenvalue weighted by Gasteiger charge is -2.05. The number of carboxylic acids is 3. The fourth-order valence-electron chi connectivity index (χ4n) is 4.26. The largest absolute Gasteiger partial charge is 0.480 e. The SMILES string of the molecule is NC(Cc1c[nH]c2cc(Br)ccc12)C(=O)O.NC(Cc1c[nH]c2ccc(Cl)cc12)C(=O)O.N[C@@H](Cc1ccc(I)cc1)C(=O)O.S. The Balaban J connectivity index is 0.000000239. The van der Waals surface area contributed by atoms with Crippen LogP contribution in [-0.2, 0) is 33.6 Å². The maximum atomic E-state index is 10.7. The van der Waals surface area contributed by atoms with E-state index in [0.29, 0.717) is 17.9 Å². The normalized spacial score (nSPS) is 12.5. The van der Waals surface area contributed by atoms with Crippen LogP contribution < -0.4 is 17.2 Å². The van der Waals surface area contributed by atoms with Crippen molar-refractivity contribution in [3.63, 3.8) is 0 Å². The second-order valence-corrected chi connectivity index (χ2v) is 12.7. The molecule has 0 amide bonds. The highest BCUT2D eigenvalue weighted by Gasteiger charge is 2.16. The van der Waals surface area contributed by atoms with Crippen LogP contribution in [0.4, 0.5) is 0 Å². The molecule has 3 aromatic carbocycles. The van der Waals surface area contributed by atoms with Gasteiger partial charge in [-0.2, -0.15) is 13.5 Å². The Morgan fingerprint density at radius 1 is 0.717 bits per heavy atom. The molecule has 3 atom stereocenters. The summed E-state index contributed by atoms with van der Waals surface area (Å²) in [6, 6.07) is 16.4. The molecule has 5 aromatic rings. The molecular weight excluding hydrogens is 813 g/mol. The van der Waals surface area contributed by atoms with Crippen LogP contribution in [0.5, 0.6) is 0 Å². The van der Waals surface area contributed by atoms with Gasteiger partial charge in [-0.15, -0.1) is 0 Å². The highest BCUT2D eigenvalue weighted by Crippen LogP contribution is 2.24. The fourth-order valence-corrected chi connectivity index (χ4v) is 5.15. The van der Waals surface area contributed by atoms with E-state index in [1.807, 2.05) is 48.5 Å². The van der Waals surface area contributed by atoms with Crippen LogP contribution in [0.15, 0.2) is 77.5 Å². The summed E-state index contributed by atoms with van der Waals surface area (Å²) < 4.78 is 2.11. The van der Waals surface area contributed by atoms with Gasteiger partial charge in [-0.1, -0.05) is 45.7 Å². The van der Waals surface area contributed by atoms with Gasteiger partial charge in [-0.3, -0.25) is 14.4 Å². The van der Waals surface area contributed by atoms with Crippen molar-refractivity contribution in [2.24, 2.45) is 17.2 Å². The summed E-state index contributed by atoms with van der Waals surface area (Å²) in [5.41, 5.74) is 21.0. The number of aliphatic carboxylic acids is 3. The molecule has 0 spiro atoms. The molecule has 2 aromatic heterocycles. The summed E-state index contributed by atoms with van der Waals surface area (Å²) in [5, 5.41) is 28.6. The van der Waals surface area contributed by atoms with E-state index in [-0.39, 0.29) is 19.9 Å². The Kier molecular flexibility index (Phi) is 15.5. The topological polar surface area (TPSA) is 222 Å². The number of benzene rings is 3. The average Bonchev–Trinajstić information content (AvgIpc) is 3.57. The molecule has 246 valence electrons. The Labute approximate surface area is 298 Å². The number of hydrogen-bond donors (Lipinski definition) is 8. The van der Waals surface area contributed by atoms with Crippen molar-refractivity contribution in [2.75, 3.05) is 0 Å². The minimum absolute atomic E-state index is 0. The van der Waals surface area contributed by atoms with Crippen molar-refractivity contribution in [3.05, 3.63) is 103 Å². The molecular formula is C31H34BrClIN5O6S. The smallest absolute Gasteiger partial charge is 0.320 e. The zero-order valence-electron chi connectivity index (χ0n) is 24.2. The molecule has 2 unspecified atom stereocenters. The summed E-state index contributed by atoms with van der Waals surface area (Å²) in [5.74, 6) is -2.94. The molecule has 5 rings (SSSR count). The number of carboxylic acid groups (broad SMARTS) is 3. The number of fused-ring (bicyclic) bond motifs is 2. The Bertz CT molecular complexity index is 1780. The number of carbonyl (C=O) groups is 3. The first kappa shape index (κ1) is 39.1. The molecule has 0 aliphatic carbocycles. The second-order valence-electron chi connectivity index (χ2n) is 10.1. The molecule has 0 saturated heterocycles. The van der Waals surface area contributed by atoms with Crippen LogP contribution >= 0.6 is 63.6 Å². The number of aromatic amines is 2. The third-order valence-corrected chi connectivity index (χ3v) is 8.11. The predicted molar refractivity (Wildman–Crippen MR) is 197 cm³/mol. The minimum atomic E-state index is -1.00. The van der Waals surface area contributed by atoms with Gasteiger partial charge in [-0.05, 0) is 88.2 Å². The van der Waals surface area contributed by atoms with Crippen LogP contribution in [0.2, 0.25) is 5.02 Å². The molecule has 0 radical (unpaired) electrons. The van der Waals surface area contributed by atoms with E-state index in [1.165, 1.54) is 0 Å². The van der Waals surface area contributed by atoms with Gasteiger partial charge in [0, 0.05) is 60.1 Å². The van der Waals surface area contributed by atoms with Crippen LogP contribution in [-0.4, -0.2) is 61.3 Å². The molecule has 11 nitrogen and oxygen atoms in total. The summed E-state index contributed by atoms with van der Waals surface area (Å²) in [6.07, 6.45) is 4.57. The maximum Gasteiger partial charge on any atom is 0.320 e. The molecule has 2 heterocycles. The number of halogens is 3. The van der Waals surface area contributed by atoms with Crippen molar-refractivity contribution in [3.8, 4) is 0 Å². The summed E-state index contributed by atoms with van der Waals surface area (Å²) in [7, 11) is 0. The van der Waals surface area contributed by atoms with E-state index >= 15 is 0 Å². The van der Waals surface area contributed by atoms with E-state index in [1.54, 1.807) is 24.5 Å². The van der Waals surface area contributed by atoms with Gasteiger partial charge < -0.3 is 42.5 Å². The zero-order chi connectivity index (χ0) is 33.3. The highest BCUT2D eigenvalue weighted by atomic mass is 127. The lowest BCUT2D eigenvalue weighted by molar-refractivity contribution is -0.139. The minimum Gasteiger partial charge on any atom is -0.480 e. The van der Waals surface area contributed by atoms with E-state index < -0.39 is 36.0 Å². The first-order valence-electron chi connectivity index (χ1n) is 13.5. The number of nitrogens with two attached hydrogens (primary N) is 3. The zero-order valence-corrected chi connectivity index (χ0v) is 29.7. The van der Waals surface area contributed by atoms with Crippen molar-refractivity contribution in [1.82, 2.24) is 9.97 Å². The van der Waals surface area contributed by atoms with Crippen molar-refractivity contribution >= 4 is 103 Å². The summed E-state index contributed by atoms with van der Waals surface area (Å²) in [6.45, 7) is 0. The lowest BCUT2D eigenvalue weighted by Crippen LogP contribution is -2.32. The monoisotopic (exact) mass is 845 g/mol. The van der Waals surface area contributed by atoms with Crippen LogP contribution in [0.1, 0.15) is 16.7 Å². The van der Waals surface area contributed by atoms with E-state index in [4.69, 9.17) is 44.1 Å². The van der Waals surface area contributed by atoms with Crippen LogP contribution in [0.25, 0.3) is 21.8 Å². The Hall–Kier alpha value is -3.12. The molecule has 11 N–H and O–H groups in total. The maximum absolute atomic E-state index is 10.7. The molecule has 0 aliphatic rings. The Morgan fingerprint density at radius 2 is 1.22 bits per heavy atom. The molecule has 15 heteroatoms. The molecule has 0 fully saturated rings. The summed E-state index contributed by atoms with van der Waals surface area (Å²) >= 11 is 11.5. The van der Waals surface area contributed by atoms with Crippen LogP contribution in [0, 0.1) is 3.57 Å². The second kappa shape index (κ2) is 18.3. The Morgan fingerprint density at radius 3 is 1.76 bits per heavy atom. The van der Waals surface area contributed by atoms with Crippen molar-refractivity contribution in [2.45, 2.75) is 37.4 Å². The first-order chi connectivity index (χ1) is 21.2. The third-order valence-electron chi connectivity index (χ3n) is 6.66. The molecule has 0 bridgehead atoms. The fraction of sp³-hybridized carbons (Fsp3) is 0.194. The van der Waals surface area contributed by atoms with Gasteiger partial charge in [0.2, 0.25) is 0 Å². The summed E-state index contributed by atoms with van der Waals surface area (Å²) in [4.78, 5) is 37.9. The predicted octanol–water partition coefficient (Wildman–Crippen LogP) is 5.02. The first-order valence-corrected chi connectivity index (χ1v) is 15.7. The molecule has 46 heavy (non-hydrogen) atoms. The molecule has 0 aliphatic heterocycles.